The van der Waals surface area contributed by atoms with Crippen LogP contribution in [-0.4, -0.2) is 163 Å². The summed E-state index contributed by atoms with van der Waals surface area (Å²) in [6.07, 6.45) is -6.08. The van der Waals surface area contributed by atoms with Gasteiger partial charge in [-0.3, -0.25) is 42.9 Å². The lowest BCUT2D eigenvalue weighted by molar-refractivity contribution is -0.168. The summed E-state index contributed by atoms with van der Waals surface area (Å²) >= 11 is 0. The molecule has 0 radical (unpaired) electrons. The first-order valence-corrected chi connectivity index (χ1v) is 24.5. The second-order valence-corrected chi connectivity index (χ2v) is 18.7. The first-order valence-electron chi connectivity index (χ1n) is 21.7. The van der Waals surface area contributed by atoms with Crippen LogP contribution in [0, 0.1) is 11.8 Å². The molecular weight excluding hydrogens is 943 g/mol. The molecule has 3 rings (SSSR count). The van der Waals surface area contributed by atoms with Gasteiger partial charge in [0.2, 0.25) is 29.5 Å². The minimum Gasteiger partial charge on any atom is -0.458 e. The number of carbonyl (C=O) groups excluding carboxylic acids is 7. The van der Waals surface area contributed by atoms with E-state index in [1.54, 1.807) is 58.0 Å². The van der Waals surface area contributed by atoms with Crippen molar-refractivity contribution in [2.75, 3.05) is 20.2 Å². The van der Waals surface area contributed by atoms with E-state index >= 15 is 0 Å². The van der Waals surface area contributed by atoms with E-state index in [0.29, 0.717) is 12.0 Å². The second-order valence-electron chi connectivity index (χ2n) is 16.6. The summed E-state index contributed by atoms with van der Waals surface area (Å²) in [5.41, 5.74) is 11.5. The lowest BCUT2D eigenvalue weighted by Gasteiger charge is -2.44. The maximum absolute atomic E-state index is 14.8. The molecule has 1 aromatic rings. The van der Waals surface area contributed by atoms with Crippen LogP contribution >= 0.6 is 0 Å². The molecule has 2 bridgehead atoms. The number of likely N-dealkylation sites (N-methyl/N-ethyl adjacent to an activating group) is 1. The van der Waals surface area contributed by atoms with Gasteiger partial charge in [-0.15, -0.1) is 0 Å². The van der Waals surface area contributed by atoms with Gasteiger partial charge >= 0.3 is 26.8 Å². The van der Waals surface area contributed by atoms with Crippen LogP contribution in [0.5, 0.6) is 0 Å². The SMILES string of the molecule is CC[C@H](C)[C@@H]1NC(=O)[C@H](Cc2ccccc2)N(C)C(=O)[C@H]([C@@H](C)CC)N2C(=O)[C@H](CC[C@H]2O)NC(=O)[C@H](CCCN=C(N)N)NC(=O)[C@@H](NC(=O)C(COS(=O)(=O)O)OS(=O)(=O)O)[C@@H](C)OC1=O. The van der Waals surface area contributed by atoms with E-state index in [1.807, 2.05) is 5.32 Å². The number of benzene rings is 1. The molecule has 68 heavy (non-hydrogen) atoms. The predicted octanol–water partition coefficient (Wildman–Crippen LogP) is -2.60. The fourth-order valence-corrected chi connectivity index (χ4v) is 8.19. The van der Waals surface area contributed by atoms with Crippen LogP contribution in [0.15, 0.2) is 35.3 Å². The number of hydrogen-bond donors (Lipinski definition) is 9. The van der Waals surface area contributed by atoms with Crippen molar-refractivity contribution in [2.24, 2.45) is 28.3 Å². The van der Waals surface area contributed by atoms with E-state index in [0.717, 1.165) is 16.7 Å². The highest BCUT2D eigenvalue weighted by Gasteiger charge is 2.47. The molecule has 26 nitrogen and oxygen atoms in total. The second kappa shape index (κ2) is 25.2. The number of rotatable bonds is 17. The molecule has 382 valence electrons. The number of guanidine groups is 1. The van der Waals surface area contributed by atoms with E-state index < -0.39 is 135 Å². The Morgan fingerprint density at radius 1 is 0.912 bits per heavy atom. The molecule has 2 aliphatic heterocycles. The number of nitrogens with one attached hydrogen (secondary N) is 4. The number of amides is 6. The van der Waals surface area contributed by atoms with Crippen LogP contribution < -0.4 is 32.7 Å². The molecule has 2 fully saturated rings. The van der Waals surface area contributed by atoms with Crippen LogP contribution in [0.25, 0.3) is 0 Å². The number of carbonyl (C=O) groups is 7. The van der Waals surface area contributed by atoms with Gasteiger partial charge in [0.25, 0.3) is 5.91 Å². The Morgan fingerprint density at radius 3 is 2.12 bits per heavy atom. The third-order valence-corrected chi connectivity index (χ3v) is 12.5. The maximum atomic E-state index is 14.8. The van der Waals surface area contributed by atoms with Gasteiger partial charge in [-0.25, -0.2) is 13.2 Å². The van der Waals surface area contributed by atoms with E-state index in [-0.39, 0.29) is 51.0 Å². The summed E-state index contributed by atoms with van der Waals surface area (Å²) in [4.78, 5) is 106. The van der Waals surface area contributed by atoms with Crippen molar-refractivity contribution in [1.82, 2.24) is 31.1 Å². The van der Waals surface area contributed by atoms with Crippen molar-refractivity contribution in [3.63, 3.8) is 0 Å². The number of fused-ring (bicyclic) bond motifs is 2. The van der Waals surface area contributed by atoms with Crippen molar-refractivity contribution in [3.05, 3.63) is 35.9 Å². The summed E-state index contributed by atoms with van der Waals surface area (Å²) in [5.74, 6) is -9.34. The lowest BCUT2D eigenvalue weighted by atomic mass is 9.91. The highest BCUT2D eigenvalue weighted by Crippen LogP contribution is 2.28. The molecule has 0 saturated carbocycles. The van der Waals surface area contributed by atoms with Crippen LogP contribution in [0.2, 0.25) is 0 Å². The topological polar surface area (TPSA) is 395 Å². The number of aliphatic hydroxyl groups excluding tert-OH is 1. The first kappa shape index (κ1) is 56.8. The standard InChI is InChI=1S/C40H63N9O17S2/c1-7-21(3)30-39(57)65-23(5)31(47-35(53)28(66-68(61,62)63)20-64-67(58,59)60)36(54)44-25(15-12-18-43-40(41)42)33(51)45-26-16-17-29(50)49(37(26)55)32(22(4)8-2)38(56)48(6)27(34(52)46-30)19-24-13-10-9-11-14-24/h9-11,13-14,21-23,25-32,50H,7-8,12,15-20H2,1-6H3,(H,44,54)(H,45,51)(H,46,52)(H,47,53)(H4,41,42,43)(H,58,59,60)(H,61,62,63)/t21-,22-,23+,25-,26-,27-,28?,29+,30-,31-,32-/m0/s1. The minimum absolute atomic E-state index is 0.00408. The molecule has 2 saturated heterocycles. The van der Waals surface area contributed by atoms with Gasteiger partial charge in [0.1, 0.15) is 55.2 Å². The van der Waals surface area contributed by atoms with Crippen LogP contribution in [0.3, 0.4) is 0 Å². The average molecular weight is 1010 g/mol. The highest BCUT2D eigenvalue weighted by molar-refractivity contribution is 7.81. The molecule has 28 heteroatoms. The number of hydrogen-bond acceptors (Lipinski definition) is 16. The Kier molecular flexibility index (Phi) is 21.0. The minimum atomic E-state index is -5.58. The van der Waals surface area contributed by atoms with Gasteiger partial charge in [0.15, 0.2) is 12.1 Å². The van der Waals surface area contributed by atoms with E-state index in [1.165, 1.54) is 7.05 Å². The fraction of sp³-hybridized carbons (Fsp3) is 0.650. The monoisotopic (exact) mass is 1010 g/mol. The number of esters is 1. The summed E-state index contributed by atoms with van der Waals surface area (Å²) in [6.45, 7) is 6.10. The van der Waals surface area contributed by atoms with Gasteiger partial charge in [0, 0.05) is 20.0 Å². The highest BCUT2D eigenvalue weighted by atomic mass is 32.3. The molecule has 2 aliphatic rings. The van der Waals surface area contributed by atoms with Gasteiger partial charge in [0.05, 0.1) is 0 Å². The van der Waals surface area contributed by atoms with Crippen molar-refractivity contribution in [2.45, 2.75) is 134 Å². The average Bonchev–Trinajstić information content (AvgIpc) is 3.26. The third kappa shape index (κ3) is 16.6. The van der Waals surface area contributed by atoms with Crippen LogP contribution in [-0.2, 0) is 73.9 Å². The number of piperidine rings is 1. The summed E-state index contributed by atoms with van der Waals surface area (Å²) < 4.78 is 78.6. The Balaban J connectivity index is 2.29. The molecule has 11 atom stereocenters. The number of nitrogens with zero attached hydrogens (tertiary/aromatic N) is 3. The summed E-state index contributed by atoms with van der Waals surface area (Å²) in [5, 5.41) is 21.1. The van der Waals surface area contributed by atoms with Crippen molar-refractivity contribution in [3.8, 4) is 0 Å². The van der Waals surface area contributed by atoms with E-state index in [9.17, 15) is 60.1 Å². The smallest absolute Gasteiger partial charge is 0.398 e. The molecule has 0 aromatic heterocycles. The van der Waals surface area contributed by atoms with Crippen LogP contribution in [0.4, 0.5) is 0 Å². The molecule has 11 N–H and O–H groups in total. The Bertz CT molecular complexity index is 2220. The summed E-state index contributed by atoms with van der Waals surface area (Å²) in [6, 6.07) is -0.897. The van der Waals surface area contributed by atoms with Gasteiger partial charge in [-0.2, -0.15) is 16.8 Å². The van der Waals surface area contributed by atoms with Gasteiger partial charge in [-0.1, -0.05) is 70.9 Å². The molecule has 0 aliphatic carbocycles. The zero-order valence-corrected chi connectivity index (χ0v) is 40.1. The quantitative estimate of drug-likeness (QED) is 0.0254. The number of cyclic esters (lactones) is 1. The third-order valence-electron chi connectivity index (χ3n) is 11.6. The van der Waals surface area contributed by atoms with Crippen molar-refractivity contribution < 1.29 is 77.7 Å². The van der Waals surface area contributed by atoms with Gasteiger partial charge < -0.3 is 52.4 Å². The molecule has 1 unspecified atom stereocenters. The maximum Gasteiger partial charge on any atom is 0.398 e. The molecule has 1 aromatic carbocycles. The normalized spacial score (nSPS) is 26.4. The fourth-order valence-electron chi connectivity index (χ4n) is 7.46. The molecule has 0 spiro atoms. The largest absolute Gasteiger partial charge is 0.458 e. The molecular formula is C40H63N9O17S2. The van der Waals surface area contributed by atoms with E-state index in [2.05, 4.69) is 29.3 Å². The van der Waals surface area contributed by atoms with E-state index in [4.69, 9.17) is 20.8 Å². The van der Waals surface area contributed by atoms with Crippen LogP contribution in [0.1, 0.15) is 78.7 Å². The number of aliphatic imine (C=N–C) groups is 1. The Hall–Kier alpha value is -5.52. The Morgan fingerprint density at radius 2 is 1.54 bits per heavy atom. The first-order chi connectivity index (χ1) is 31.7. The predicted molar refractivity (Wildman–Crippen MR) is 239 cm³/mol. The number of aliphatic hydroxyl groups is 1. The molecule has 2 heterocycles. The molecule has 6 amide bonds. The van der Waals surface area contributed by atoms with Gasteiger partial charge in [-0.05, 0) is 50.0 Å². The number of ether oxygens (including phenoxy) is 1. The number of nitrogens with two attached hydrogens (primary N) is 2. The summed E-state index contributed by atoms with van der Waals surface area (Å²) in [7, 11) is -9.61. The van der Waals surface area contributed by atoms with Crippen molar-refractivity contribution in [1.29, 1.82) is 0 Å². The zero-order chi connectivity index (χ0) is 51.3. The zero-order valence-electron chi connectivity index (χ0n) is 38.5. The Labute approximate surface area is 394 Å². The van der Waals surface area contributed by atoms with Crippen molar-refractivity contribution >= 4 is 68.2 Å². The lowest BCUT2D eigenvalue weighted by Crippen LogP contribution is -2.66.